The Kier molecular flexibility index (Phi) is 3.35. The summed E-state index contributed by atoms with van der Waals surface area (Å²) in [5, 5.41) is 8.03. The molecule has 6 heteroatoms. The fourth-order valence-corrected chi connectivity index (χ4v) is 2.38. The van der Waals surface area contributed by atoms with Crippen molar-refractivity contribution >= 4 is 0 Å². The number of hydrogen-bond donors (Lipinski definition) is 0. The van der Waals surface area contributed by atoms with E-state index in [0.717, 1.165) is 37.0 Å². The first-order valence-electron chi connectivity index (χ1n) is 6.45. The Bertz CT molecular complexity index is 548. The standard InChI is InChI=1S/C13H18N4O2/c1-10-3-4-11(19-10)7-17-5-6-18-12(8-17)13-15-14-9-16(13)2/h3-4,9,12H,5-8H2,1-2H3/t12-/m1/s1. The number of rotatable bonds is 3. The second-order valence-corrected chi connectivity index (χ2v) is 4.91. The van der Waals surface area contributed by atoms with Gasteiger partial charge in [0, 0.05) is 20.1 Å². The summed E-state index contributed by atoms with van der Waals surface area (Å²) < 4.78 is 13.3. The molecule has 19 heavy (non-hydrogen) atoms. The molecule has 0 spiro atoms. The molecule has 2 aromatic heterocycles. The first-order valence-corrected chi connectivity index (χ1v) is 6.45. The molecule has 1 fully saturated rings. The highest BCUT2D eigenvalue weighted by atomic mass is 16.5. The molecule has 0 saturated carbocycles. The van der Waals surface area contributed by atoms with Crippen molar-refractivity contribution in [1.82, 2.24) is 19.7 Å². The normalized spacial score (nSPS) is 20.8. The molecule has 0 N–H and O–H groups in total. The van der Waals surface area contributed by atoms with Crippen LogP contribution in [-0.4, -0.2) is 39.4 Å². The molecule has 0 bridgehead atoms. The van der Waals surface area contributed by atoms with Crippen LogP contribution >= 0.6 is 0 Å². The predicted octanol–water partition coefficient (Wildman–Crippen LogP) is 1.29. The maximum atomic E-state index is 5.78. The Morgan fingerprint density at radius 3 is 3.00 bits per heavy atom. The molecule has 1 aliphatic rings. The average Bonchev–Trinajstić information content (AvgIpc) is 2.99. The molecular weight excluding hydrogens is 244 g/mol. The van der Waals surface area contributed by atoms with Gasteiger partial charge in [0.1, 0.15) is 24.0 Å². The van der Waals surface area contributed by atoms with Gasteiger partial charge in [0.15, 0.2) is 5.82 Å². The number of morpholine rings is 1. The molecular formula is C13H18N4O2. The van der Waals surface area contributed by atoms with Crippen LogP contribution in [0.3, 0.4) is 0 Å². The summed E-state index contributed by atoms with van der Waals surface area (Å²) in [6.07, 6.45) is 1.69. The maximum absolute atomic E-state index is 5.78. The minimum atomic E-state index is -0.0164. The molecule has 0 aromatic carbocycles. The Hall–Kier alpha value is -1.66. The third-order valence-electron chi connectivity index (χ3n) is 3.36. The summed E-state index contributed by atoms with van der Waals surface area (Å²) in [7, 11) is 1.94. The summed E-state index contributed by atoms with van der Waals surface area (Å²) >= 11 is 0. The molecule has 0 aliphatic carbocycles. The molecule has 1 aliphatic heterocycles. The molecule has 6 nitrogen and oxygen atoms in total. The highest BCUT2D eigenvalue weighted by molar-refractivity contribution is 5.06. The van der Waals surface area contributed by atoms with Gasteiger partial charge in [0.2, 0.25) is 0 Å². The lowest BCUT2D eigenvalue weighted by atomic mass is 10.2. The minimum absolute atomic E-state index is 0.0164. The summed E-state index contributed by atoms with van der Waals surface area (Å²) in [6, 6.07) is 4.03. The Morgan fingerprint density at radius 1 is 1.42 bits per heavy atom. The quantitative estimate of drug-likeness (QED) is 0.834. The lowest BCUT2D eigenvalue weighted by molar-refractivity contribution is -0.0402. The van der Waals surface area contributed by atoms with Gasteiger partial charge in [-0.25, -0.2) is 0 Å². The summed E-state index contributed by atoms with van der Waals surface area (Å²) in [5.74, 6) is 2.82. The second-order valence-electron chi connectivity index (χ2n) is 4.91. The van der Waals surface area contributed by atoms with Crippen LogP contribution in [0.15, 0.2) is 22.9 Å². The molecule has 0 radical (unpaired) electrons. The van der Waals surface area contributed by atoms with E-state index in [9.17, 15) is 0 Å². The van der Waals surface area contributed by atoms with Crippen molar-refractivity contribution in [3.05, 3.63) is 35.8 Å². The van der Waals surface area contributed by atoms with Crippen molar-refractivity contribution in [2.75, 3.05) is 19.7 Å². The van der Waals surface area contributed by atoms with Crippen LogP contribution in [-0.2, 0) is 18.3 Å². The number of furan rings is 1. The largest absolute Gasteiger partial charge is 0.465 e. The van der Waals surface area contributed by atoms with Crippen molar-refractivity contribution in [3.63, 3.8) is 0 Å². The van der Waals surface area contributed by atoms with E-state index in [2.05, 4.69) is 15.1 Å². The SMILES string of the molecule is Cc1ccc(CN2CCO[C@@H](c3nncn3C)C2)o1. The molecule has 3 rings (SSSR count). The first kappa shape index (κ1) is 12.4. The molecule has 3 heterocycles. The molecule has 0 unspecified atom stereocenters. The number of aromatic nitrogens is 3. The minimum Gasteiger partial charge on any atom is -0.465 e. The van der Waals surface area contributed by atoms with Crippen LogP contribution in [0.25, 0.3) is 0 Å². The third kappa shape index (κ3) is 2.69. The van der Waals surface area contributed by atoms with E-state index >= 15 is 0 Å². The fraction of sp³-hybridized carbons (Fsp3) is 0.538. The van der Waals surface area contributed by atoms with Crippen LogP contribution in [0, 0.1) is 6.92 Å². The lowest BCUT2D eigenvalue weighted by Gasteiger charge is -2.31. The van der Waals surface area contributed by atoms with E-state index in [0.29, 0.717) is 6.61 Å². The van der Waals surface area contributed by atoms with Gasteiger partial charge in [-0.1, -0.05) is 0 Å². The van der Waals surface area contributed by atoms with Gasteiger partial charge in [0.25, 0.3) is 0 Å². The zero-order valence-corrected chi connectivity index (χ0v) is 11.2. The average molecular weight is 262 g/mol. The van der Waals surface area contributed by atoms with Crippen molar-refractivity contribution in [2.45, 2.75) is 19.6 Å². The molecule has 0 amide bonds. The van der Waals surface area contributed by atoms with Crippen molar-refractivity contribution < 1.29 is 9.15 Å². The molecule has 102 valence electrons. The number of nitrogens with zero attached hydrogens (tertiary/aromatic N) is 4. The highest BCUT2D eigenvalue weighted by Gasteiger charge is 2.25. The van der Waals surface area contributed by atoms with Gasteiger partial charge < -0.3 is 13.7 Å². The van der Waals surface area contributed by atoms with Crippen molar-refractivity contribution in [1.29, 1.82) is 0 Å². The first-order chi connectivity index (χ1) is 9.22. The Morgan fingerprint density at radius 2 is 2.32 bits per heavy atom. The Balaban J connectivity index is 1.66. The monoisotopic (exact) mass is 262 g/mol. The molecule has 2 aromatic rings. The van der Waals surface area contributed by atoms with E-state index in [4.69, 9.17) is 9.15 Å². The van der Waals surface area contributed by atoms with Crippen molar-refractivity contribution in [3.8, 4) is 0 Å². The van der Waals surface area contributed by atoms with Crippen LogP contribution < -0.4 is 0 Å². The lowest BCUT2D eigenvalue weighted by Crippen LogP contribution is -2.38. The van der Waals surface area contributed by atoms with E-state index in [1.54, 1.807) is 6.33 Å². The summed E-state index contributed by atoms with van der Waals surface area (Å²) in [6.45, 7) is 5.20. The van der Waals surface area contributed by atoms with E-state index in [1.807, 2.05) is 30.7 Å². The van der Waals surface area contributed by atoms with E-state index in [1.165, 1.54) is 0 Å². The summed E-state index contributed by atoms with van der Waals surface area (Å²) in [4.78, 5) is 2.32. The van der Waals surface area contributed by atoms with Gasteiger partial charge in [-0.15, -0.1) is 10.2 Å². The van der Waals surface area contributed by atoms with Crippen LogP contribution in [0.4, 0.5) is 0 Å². The van der Waals surface area contributed by atoms with Crippen LogP contribution in [0.2, 0.25) is 0 Å². The highest BCUT2D eigenvalue weighted by Crippen LogP contribution is 2.21. The summed E-state index contributed by atoms with van der Waals surface area (Å²) in [5.41, 5.74) is 0. The van der Waals surface area contributed by atoms with Gasteiger partial charge in [0.05, 0.1) is 13.2 Å². The number of hydrogen-bond acceptors (Lipinski definition) is 5. The Labute approximate surface area is 112 Å². The zero-order chi connectivity index (χ0) is 13.2. The molecule has 1 saturated heterocycles. The third-order valence-corrected chi connectivity index (χ3v) is 3.36. The van der Waals surface area contributed by atoms with E-state index < -0.39 is 0 Å². The van der Waals surface area contributed by atoms with Gasteiger partial charge in [-0.3, -0.25) is 4.90 Å². The second kappa shape index (κ2) is 5.14. The predicted molar refractivity (Wildman–Crippen MR) is 68.4 cm³/mol. The van der Waals surface area contributed by atoms with Gasteiger partial charge in [-0.05, 0) is 19.1 Å². The zero-order valence-electron chi connectivity index (χ0n) is 11.2. The number of ether oxygens (including phenoxy) is 1. The van der Waals surface area contributed by atoms with Crippen molar-refractivity contribution in [2.24, 2.45) is 7.05 Å². The van der Waals surface area contributed by atoms with Gasteiger partial charge >= 0.3 is 0 Å². The topological polar surface area (TPSA) is 56.3 Å². The molecule has 1 atom stereocenters. The number of aryl methyl sites for hydroxylation is 2. The van der Waals surface area contributed by atoms with Crippen LogP contribution in [0.1, 0.15) is 23.4 Å². The van der Waals surface area contributed by atoms with Crippen LogP contribution in [0.5, 0.6) is 0 Å². The maximum Gasteiger partial charge on any atom is 0.163 e. The fourth-order valence-electron chi connectivity index (χ4n) is 2.38. The van der Waals surface area contributed by atoms with Gasteiger partial charge in [-0.2, -0.15) is 0 Å². The van der Waals surface area contributed by atoms with E-state index in [-0.39, 0.29) is 6.10 Å². The smallest absolute Gasteiger partial charge is 0.163 e.